The molecule has 9 heavy (non-hydrogen) atoms. The normalized spacial score (nSPS) is 46.0. The second kappa shape index (κ2) is 1.71. The van der Waals surface area contributed by atoms with Crippen molar-refractivity contribution in [2.75, 3.05) is 0 Å². The lowest BCUT2D eigenvalue weighted by atomic mass is 10.2. The van der Waals surface area contributed by atoms with Gasteiger partial charge in [-0.15, -0.1) is 0 Å². The van der Waals surface area contributed by atoms with Gasteiger partial charge < -0.3 is 4.74 Å². The Morgan fingerprint density at radius 2 is 2.44 bits per heavy atom. The van der Waals surface area contributed by atoms with Gasteiger partial charge in [-0.2, -0.15) is 0 Å². The molecule has 0 bridgehead atoms. The van der Waals surface area contributed by atoms with Crippen LogP contribution in [0.1, 0.15) is 0 Å². The van der Waals surface area contributed by atoms with Gasteiger partial charge in [-0.25, -0.2) is 0 Å². The predicted molar refractivity (Wildman–Crippen MR) is 42.7 cm³/mol. The van der Waals surface area contributed by atoms with Gasteiger partial charge in [0.1, 0.15) is 6.10 Å². The Kier molecular flexibility index (Phi) is 1.17. The average Bonchev–Trinajstić information content (AvgIpc) is 2.43. The summed E-state index contributed by atoms with van der Waals surface area (Å²) >= 11 is 6.81. The largest absolute Gasteiger partial charge is 0.344 e. The molecule has 1 fully saturated rings. The van der Waals surface area contributed by atoms with Crippen LogP contribution in [0.15, 0.2) is 22.7 Å². The summed E-state index contributed by atoms with van der Waals surface area (Å²) < 4.78 is 6.24. The highest BCUT2D eigenvalue weighted by molar-refractivity contribution is 9.12. The molecule has 1 aliphatic heterocycles. The molecule has 2 atom stereocenters. The van der Waals surface area contributed by atoms with Crippen LogP contribution in [0.3, 0.4) is 0 Å². The van der Waals surface area contributed by atoms with Crippen molar-refractivity contribution in [2.24, 2.45) is 0 Å². The van der Waals surface area contributed by atoms with Crippen LogP contribution in [-0.4, -0.2) is 10.6 Å². The molecule has 2 aliphatic rings. The van der Waals surface area contributed by atoms with Crippen LogP contribution < -0.4 is 0 Å². The van der Waals surface area contributed by atoms with Gasteiger partial charge in [-0.05, 0) is 28.1 Å². The Hall–Kier alpha value is 0.400. The van der Waals surface area contributed by atoms with E-state index in [0.29, 0.717) is 0 Å². The van der Waals surface area contributed by atoms with Crippen LogP contribution in [0.2, 0.25) is 0 Å². The zero-order valence-electron chi connectivity index (χ0n) is 4.47. The molecule has 3 heteroatoms. The molecule has 1 saturated heterocycles. The maximum Gasteiger partial charge on any atom is 0.173 e. The maximum absolute atomic E-state index is 5.29. The molecule has 0 radical (unpaired) electrons. The highest BCUT2D eigenvalue weighted by atomic mass is 79.9. The number of rotatable bonds is 0. The summed E-state index contributed by atoms with van der Waals surface area (Å²) in [4.78, 5) is 0. The van der Waals surface area contributed by atoms with Gasteiger partial charge >= 0.3 is 0 Å². The van der Waals surface area contributed by atoms with Crippen LogP contribution in [-0.2, 0) is 4.74 Å². The highest BCUT2D eigenvalue weighted by Crippen LogP contribution is 2.51. The number of alkyl halides is 1. The van der Waals surface area contributed by atoms with E-state index in [2.05, 4.69) is 31.9 Å². The first-order chi connectivity index (χ1) is 4.22. The molecule has 0 aromatic carbocycles. The van der Waals surface area contributed by atoms with Crippen molar-refractivity contribution >= 4 is 31.9 Å². The Labute approximate surface area is 70.0 Å². The third-order valence-corrected chi connectivity index (χ3v) is 2.98. The molecule has 0 aromatic rings. The van der Waals surface area contributed by atoms with Crippen molar-refractivity contribution in [2.45, 2.75) is 10.6 Å². The summed E-state index contributed by atoms with van der Waals surface area (Å²) in [5, 5.41) is 0. The third kappa shape index (κ3) is 0.827. The minimum absolute atomic E-state index is 0.166. The zero-order valence-corrected chi connectivity index (χ0v) is 7.65. The summed E-state index contributed by atoms with van der Waals surface area (Å²) in [6.07, 6.45) is 6.20. The first-order valence-corrected chi connectivity index (χ1v) is 4.23. The van der Waals surface area contributed by atoms with E-state index < -0.39 is 0 Å². The Morgan fingerprint density at radius 1 is 1.67 bits per heavy atom. The van der Waals surface area contributed by atoms with Crippen LogP contribution in [0.5, 0.6) is 0 Å². The standard InChI is InChI=1S/C6H4Br2O/c7-4-2-1-3-6(8)5(4)9-6/h1-3,5H. The van der Waals surface area contributed by atoms with Crippen LogP contribution >= 0.6 is 31.9 Å². The molecular formula is C6H4Br2O. The van der Waals surface area contributed by atoms with Crippen molar-refractivity contribution in [3.05, 3.63) is 22.7 Å². The van der Waals surface area contributed by atoms with Crippen LogP contribution in [0.25, 0.3) is 0 Å². The van der Waals surface area contributed by atoms with Crippen LogP contribution in [0, 0.1) is 0 Å². The Bertz CT molecular complexity index is 209. The molecule has 0 amide bonds. The molecule has 1 aliphatic carbocycles. The Balaban J connectivity index is 2.34. The number of hydrogen-bond donors (Lipinski definition) is 0. The maximum atomic E-state index is 5.29. The van der Waals surface area contributed by atoms with Crippen molar-refractivity contribution in [1.29, 1.82) is 0 Å². The first-order valence-electron chi connectivity index (χ1n) is 2.64. The molecule has 0 aromatic heterocycles. The Morgan fingerprint density at radius 3 is 3.00 bits per heavy atom. The summed E-state index contributed by atoms with van der Waals surface area (Å²) in [6.45, 7) is 0. The van der Waals surface area contributed by atoms with Gasteiger partial charge in [0.05, 0.1) is 0 Å². The predicted octanol–water partition coefficient (Wildman–Crippen LogP) is 2.33. The number of fused-ring (bicyclic) bond motifs is 1. The third-order valence-electron chi connectivity index (χ3n) is 1.43. The van der Waals surface area contributed by atoms with Gasteiger partial charge in [-0.1, -0.05) is 22.0 Å². The number of allylic oxidation sites excluding steroid dienone is 2. The lowest BCUT2D eigenvalue weighted by molar-refractivity contribution is 0.402. The molecule has 48 valence electrons. The average molecular weight is 252 g/mol. The SMILES string of the molecule is BrC1=CC=CC2(Br)OC12. The fourth-order valence-electron chi connectivity index (χ4n) is 0.876. The summed E-state index contributed by atoms with van der Waals surface area (Å²) in [5.41, 5.74) is 0. The number of epoxide rings is 1. The van der Waals surface area contributed by atoms with E-state index in [1.54, 1.807) is 0 Å². The molecule has 0 spiro atoms. The number of halogens is 2. The molecule has 0 N–H and O–H groups in total. The molecule has 2 unspecified atom stereocenters. The van der Waals surface area contributed by atoms with E-state index >= 15 is 0 Å². The minimum atomic E-state index is -0.166. The van der Waals surface area contributed by atoms with E-state index in [9.17, 15) is 0 Å². The van der Waals surface area contributed by atoms with Gasteiger partial charge in [0.2, 0.25) is 0 Å². The second-order valence-corrected chi connectivity index (χ2v) is 4.26. The fraction of sp³-hybridized carbons (Fsp3) is 0.333. The lowest BCUT2D eigenvalue weighted by Crippen LogP contribution is -2.03. The summed E-state index contributed by atoms with van der Waals surface area (Å²) in [6, 6.07) is 0. The molecule has 1 nitrogen and oxygen atoms in total. The molecule has 2 rings (SSSR count). The van der Waals surface area contributed by atoms with E-state index in [4.69, 9.17) is 4.74 Å². The van der Waals surface area contributed by atoms with Crippen molar-refractivity contribution < 1.29 is 4.74 Å². The smallest absolute Gasteiger partial charge is 0.173 e. The van der Waals surface area contributed by atoms with Gasteiger partial charge in [0.25, 0.3) is 0 Å². The number of ether oxygens (including phenoxy) is 1. The zero-order chi connectivity index (χ0) is 6.48. The topological polar surface area (TPSA) is 12.5 Å². The van der Waals surface area contributed by atoms with Crippen molar-refractivity contribution in [3.8, 4) is 0 Å². The first kappa shape index (κ1) is 6.13. The van der Waals surface area contributed by atoms with E-state index in [-0.39, 0.29) is 10.6 Å². The molecule has 0 saturated carbocycles. The summed E-state index contributed by atoms with van der Waals surface area (Å²) in [7, 11) is 0. The fourth-order valence-corrected chi connectivity index (χ4v) is 2.36. The van der Waals surface area contributed by atoms with Crippen molar-refractivity contribution in [1.82, 2.24) is 0 Å². The number of hydrogen-bond acceptors (Lipinski definition) is 1. The summed E-state index contributed by atoms with van der Waals surface area (Å²) in [5.74, 6) is 0. The molecule has 1 heterocycles. The van der Waals surface area contributed by atoms with E-state index in [1.165, 1.54) is 0 Å². The van der Waals surface area contributed by atoms with Crippen molar-refractivity contribution in [3.63, 3.8) is 0 Å². The van der Waals surface area contributed by atoms with Gasteiger partial charge in [0, 0.05) is 4.48 Å². The van der Waals surface area contributed by atoms with E-state index in [0.717, 1.165) is 4.48 Å². The van der Waals surface area contributed by atoms with Gasteiger partial charge in [-0.3, -0.25) is 0 Å². The monoisotopic (exact) mass is 250 g/mol. The molecular weight excluding hydrogens is 248 g/mol. The van der Waals surface area contributed by atoms with Gasteiger partial charge in [0.15, 0.2) is 4.51 Å². The quantitative estimate of drug-likeness (QED) is 0.476. The minimum Gasteiger partial charge on any atom is -0.344 e. The second-order valence-electron chi connectivity index (χ2n) is 2.11. The van der Waals surface area contributed by atoms with E-state index in [1.807, 2.05) is 18.2 Å². The lowest BCUT2D eigenvalue weighted by Gasteiger charge is -1.98. The van der Waals surface area contributed by atoms with Crippen LogP contribution in [0.4, 0.5) is 0 Å². The highest BCUT2D eigenvalue weighted by Gasteiger charge is 2.55.